The average Bonchev–Trinajstić information content (AvgIpc) is 3.34. The zero-order valence-electron chi connectivity index (χ0n) is 17.2. The number of esters is 1. The molecule has 0 fully saturated rings. The Morgan fingerprint density at radius 2 is 1.78 bits per heavy atom. The van der Waals surface area contributed by atoms with Crippen molar-refractivity contribution < 1.29 is 27.2 Å². The van der Waals surface area contributed by atoms with Crippen molar-refractivity contribution >= 4 is 39.6 Å². The van der Waals surface area contributed by atoms with Crippen LogP contribution in [-0.4, -0.2) is 33.0 Å². The second-order valence-electron chi connectivity index (χ2n) is 6.57. The second kappa shape index (κ2) is 10.9. The summed E-state index contributed by atoms with van der Waals surface area (Å²) < 4.78 is 37.2. The monoisotopic (exact) mass is 471 g/mol. The molecule has 3 aromatic rings. The van der Waals surface area contributed by atoms with E-state index >= 15 is 0 Å². The molecular weight excluding hydrogens is 450 g/mol. The van der Waals surface area contributed by atoms with E-state index in [0.29, 0.717) is 16.9 Å². The number of ether oxygens (including phenoxy) is 1. The highest BCUT2D eigenvalue weighted by molar-refractivity contribution is 7.98. The van der Waals surface area contributed by atoms with E-state index in [0.717, 1.165) is 4.90 Å². The summed E-state index contributed by atoms with van der Waals surface area (Å²) in [6.45, 7) is -0.316. The van der Waals surface area contributed by atoms with E-state index in [9.17, 15) is 18.0 Å². The van der Waals surface area contributed by atoms with Crippen molar-refractivity contribution in [3.8, 4) is 0 Å². The molecular formula is C23H21NO6S2. The maximum absolute atomic E-state index is 12.3. The Balaban J connectivity index is 1.51. The topological polar surface area (TPSA) is 103 Å². The Hall–Kier alpha value is -3.14. The van der Waals surface area contributed by atoms with Crippen LogP contribution in [0.3, 0.4) is 0 Å². The van der Waals surface area contributed by atoms with Gasteiger partial charge >= 0.3 is 5.97 Å². The first kappa shape index (κ1) is 23.5. The molecule has 1 N–H and O–H groups in total. The molecule has 0 bridgehead atoms. The molecule has 0 spiro atoms. The van der Waals surface area contributed by atoms with Crippen LogP contribution in [0.5, 0.6) is 0 Å². The molecule has 0 atom stereocenters. The molecule has 7 nitrogen and oxygen atoms in total. The van der Waals surface area contributed by atoms with Crippen LogP contribution >= 0.6 is 11.8 Å². The van der Waals surface area contributed by atoms with Crippen LogP contribution in [0.4, 0.5) is 0 Å². The fourth-order valence-corrected chi connectivity index (χ4v) is 4.03. The zero-order chi connectivity index (χ0) is 23.0. The molecule has 0 saturated carbocycles. The fourth-order valence-electron chi connectivity index (χ4n) is 2.63. The second-order valence-corrected chi connectivity index (χ2v) is 9.21. The summed E-state index contributed by atoms with van der Waals surface area (Å²) in [4.78, 5) is 25.1. The molecule has 2 aromatic carbocycles. The number of Topliss-reactive ketones (excluding diaryl/α,β-unsaturated/α-hetero) is 1. The zero-order valence-corrected chi connectivity index (χ0v) is 18.8. The minimum Gasteiger partial charge on any atom is -0.468 e. The van der Waals surface area contributed by atoms with E-state index in [1.165, 1.54) is 30.5 Å². The lowest BCUT2D eigenvalue weighted by Gasteiger charge is -2.06. The van der Waals surface area contributed by atoms with Gasteiger partial charge in [-0.15, -0.1) is 11.8 Å². The highest BCUT2D eigenvalue weighted by Gasteiger charge is 2.14. The summed E-state index contributed by atoms with van der Waals surface area (Å²) >= 11 is 1.57. The number of rotatable bonds is 10. The van der Waals surface area contributed by atoms with Gasteiger partial charge in [0.2, 0.25) is 10.0 Å². The third kappa shape index (κ3) is 6.68. The van der Waals surface area contributed by atoms with E-state index in [2.05, 4.69) is 4.72 Å². The van der Waals surface area contributed by atoms with Crippen molar-refractivity contribution in [2.75, 3.05) is 12.9 Å². The number of nitrogens with one attached hydrogen (secondary N) is 1. The quantitative estimate of drug-likeness (QED) is 0.207. The summed E-state index contributed by atoms with van der Waals surface area (Å²) in [5.74, 6) is -0.464. The Bertz CT molecular complexity index is 1180. The van der Waals surface area contributed by atoms with Crippen LogP contribution in [0.1, 0.15) is 21.7 Å². The van der Waals surface area contributed by atoms with Crippen molar-refractivity contribution in [3.05, 3.63) is 89.9 Å². The molecule has 0 aliphatic rings. The van der Waals surface area contributed by atoms with Gasteiger partial charge in [-0.3, -0.25) is 4.79 Å². The minimum atomic E-state index is -3.70. The first-order valence-electron chi connectivity index (χ1n) is 9.51. The average molecular weight is 472 g/mol. The van der Waals surface area contributed by atoms with E-state index < -0.39 is 16.0 Å². The van der Waals surface area contributed by atoms with E-state index in [1.54, 1.807) is 48.2 Å². The standard InChI is InChI=1S/C23H21NO6S2/c1-31-20-9-7-18(8-10-20)22(25)16-30-23(26)13-6-17-4-11-21(12-5-17)32(27,28)24-15-19-3-2-14-29-19/h2-14,24H,15-16H2,1H3/b13-6+. The third-order valence-corrected chi connectivity index (χ3v) is 6.54. The largest absolute Gasteiger partial charge is 0.468 e. The van der Waals surface area contributed by atoms with E-state index in [4.69, 9.17) is 9.15 Å². The highest BCUT2D eigenvalue weighted by atomic mass is 32.2. The normalized spacial score (nSPS) is 11.5. The van der Waals surface area contributed by atoms with Crippen LogP contribution in [-0.2, 0) is 26.1 Å². The number of hydrogen-bond acceptors (Lipinski definition) is 7. The van der Waals surface area contributed by atoms with Gasteiger partial charge in [0.15, 0.2) is 12.4 Å². The van der Waals surface area contributed by atoms with Crippen LogP contribution in [0.15, 0.2) is 87.2 Å². The lowest BCUT2D eigenvalue weighted by molar-refractivity contribution is -0.136. The maximum Gasteiger partial charge on any atom is 0.331 e. The van der Waals surface area contributed by atoms with E-state index in [1.807, 2.05) is 18.4 Å². The predicted octanol–water partition coefficient (Wildman–Crippen LogP) is 3.92. The summed E-state index contributed by atoms with van der Waals surface area (Å²) in [5.41, 5.74) is 1.07. The number of benzene rings is 2. The number of hydrogen-bond donors (Lipinski definition) is 1. The summed E-state index contributed by atoms with van der Waals surface area (Å²) in [7, 11) is -3.70. The SMILES string of the molecule is CSc1ccc(C(=O)COC(=O)/C=C/c2ccc(S(=O)(=O)NCc3ccco3)cc2)cc1. The van der Waals surface area contributed by atoms with Gasteiger partial charge in [-0.1, -0.05) is 24.3 Å². The number of sulfonamides is 1. The predicted molar refractivity (Wildman–Crippen MR) is 122 cm³/mol. The third-order valence-electron chi connectivity index (χ3n) is 4.38. The molecule has 0 aliphatic heterocycles. The number of thioether (sulfide) groups is 1. The molecule has 1 aromatic heterocycles. The molecule has 32 heavy (non-hydrogen) atoms. The number of carbonyl (C=O) groups is 2. The summed E-state index contributed by atoms with van der Waals surface area (Å²) in [6, 6.07) is 16.4. The van der Waals surface area contributed by atoms with Crippen molar-refractivity contribution in [3.63, 3.8) is 0 Å². The van der Waals surface area contributed by atoms with Crippen LogP contribution in [0, 0.1) is 0 Å². The van der Waals surface area contributed by atoms with Gasteiger partial charge in [0, 0.05) is 16.5 Å². The van der Waals surface area contributed by atoms with Gasteiger partial charge in [0.1, 0.15) is 5.76 Å². The Morgan fingerprint density at radius 3 is 2.41 bits per heavy atom. The van der Waals surface area contributed by atoms with Gasteiger partial charge in [-0.05, 0) is 54.3 Å². The van der Waals surface area contributed by atoms with Gasteiger partial charge in [0.05, 0.1) is 17.7 Å². The van der Waals surface area contributed by atoms with Crippen LogP contribution in [0.25, 0.3) is 6.08 Å². The Kier molecular flexibility index (Phi) is 8.04. The number of ketones is 1. The van der Waals surface area contributed by atoms with E-state index in [-0.39, 0.29) is 23.8 Å². The minimum absolute atomic E-state index is 0.0449. The van der Waals surface area contributed by atoms with Crippen molar-refractivity contribution in [2.45, 2.75) is 16.3 Å². The molecule has 9 heteroatoms. The highest BCUT2D eigenvalue weighted by Crippen LogP contribution is 2.15. The fraction of sp³-hybridized carbons (Fsp3) is 0.130. The van der Waals surface area contributed by atoms with Crippen molar-refractivity contribution in [2.24, 2.45) is 0 Å². The number of furan rings is 1. The van der Waals surface area contributed by atoms with Crippen LogP contribution < -0.4 is 4.72 Å². The molecule has 0 saturated heterocycles. The first-order chi connectivity index (χ1) is 15.4. The van der Waals surface area contributed by atoms with Gasteiger partial charge in [-0.25, -0.2) is 17.9 Å². The lowest BCUT2D eigenvalue weighted by atomic mass is 10.1. The smallest absolute Gasteiger partial charge is 0.331 e. The molecule has 1 heterocycles. The summed E-state index contributed by atoms with van der Waals surface area (Å²) in [6.07, 6.45) is 6.07. The van der Waals surface area contributed by atoms with Crippen LogP contribution in [0.2, 0.25) is 0 Å². The van der Waals surface area contributed by atoms with Crippen molar-refractivity contribution in [1.29, 1.82) is 0 Å². The van der Waals surface area contributed by atoms with Gasteiger partial charge in [0.25, 0.3) is 0 Å². The molecule has 3 rings (SSSR count). The molecule has 0 amide bonds. The Morgan fingerprint density at radius 1 is 1.06 bits per heavy atom. The maximum atomic E-state index is 12.3. The molecule has 0 aliphatic carbocycles. The first-order valence-corrected chi connectivity index (χ1v) is 12.2. The summed E-state index contributed by atoms with van der Waals surface area (Å²) in [5, 5.41) is 0. The molecule has 166 valence electrons. The van der Waals surface area contributed by atoms with Gasteiger partial charge in [-0.2, -0.15) is 0 Å². The molecule has 0 radical (unpaired) electrons. The number of carbonyl (C=O) groups excluding carboxylic acids is 2. The van der Waals surface area contributed by atoms with Gasteiger partial charge < -0.3 is 9.15 Å². The molecule has 0 unspecified atom stereocenters. The van der Waals surface area contributed by atoms with Crippen molar-refractivity contribution in [1.82, 2.24) is 4.72 Å². The Labute approximate surface area is 190 Å². The lowest BCUT2D eigenvalue weighted by Crippen LogP contribution is -2.22.